The Hall–Kier alpha value is -2.66. The molecule has 25 heavy (non-hydrogen) atoms. The van der Waals surface area contributed by atoms with Crippen LogP contribution in [-0.4, -0.2) is 18.4 Å². The van der Waals surface area contributed by atoms with Crippen LogP contribution in [0.5, 0.6) is 5.75 Å². The molecule has 0 bridgehead atoms. The number of hydrogen-bond acceptors (Lipinski definition) is 5. The fraction of sp³-hybridized carbons (Fsp3) is 0.200. The smallest absolute Gasteiger partial charge is 0.344 e. The van der Waals surface area contributed by atoms with Gasteiger partial charge in [-0.3, -0.25) is 4.79 Å². The second-order valence-corrected chi connectivity index (χ2v) is 6.42. The van der Waals surface area contributed by atoms with E-state index in [0.29, 0.717) is 17.7 Å². The van der Waals surface area contributed by atoms with Crippen LogP contribution in [-0.2, 0) is 16.1 Å². The molecule has 0 N–H and O–H groups in total. The van der Waals surface area contributed by atoms with Crippen molar-refractivity contribution in [1.29, 1.82) is 0 Å². The Bertz CT molecular complexity index is 880. The fourth-order valence-electron chi connectivity index (χ4n) is 2.43. The van der Waals surface area contributed by atoms with Gasteiger partial charge in [-0.25, -0.2) is 4.79 Å². The molecule has 2 aromatic carbocycles. The number of carbonyl (C=O) groups is 2. The molecule has 0 aliphatic heterocycles. The first-order chi connectivity index (χ1) is 12.2. The van der Waals surface area contributed by atoms with Gasteiger partial charge in [0.15, 0.2) is 12.4 Å². The van der Waals surface area contributed by atoms with Crippen molar-refractivity contribution in [2.24, 2.45) is 0 Å². The van der Waals surface area contributed by atoms with Crippen molar-refractivity contribution in [3.8, 4) is 5.75 Å². The van der Waals surface area contributed by atoms with Crippen LogP contribution in [0.4, 0.5) is 0 Å². The molecule has 0 saturated heterocycles. The summed E-state index contributed by atoms with van der Waals surface area (Å²) in [4.78, 5) is 23.4. The van der Waals surface area contributed by atoms with E-state index in [1.165, 1.54) is 4.70 Å². The molecule has 0 saturated carbocycles. The Morgan fingerprint density at radius 2 is 1.80 bits per heavy atom. The van der Waals surface area contributed by atoms with Gasteiger partial charge in [0, 0.05) is 22.2 Å². The van der Waals surface area contributed by atoms with Gasteiger partial charge < -0.3 is 9.47 Å². The Kier molecular flexibility index (Phi) is 5.46. The lowest BCUT2D eigenvalue weighted by molar-refractivity contribution is -0.147. The van der Waals surface area contributed by atoms with Crippen LogP contribution >= 0.6 is 11.3 Å². The van der Waals surface area contributed by atoms with Crippen LogP contribution in [0.15, 0.2) is 53.9 Å². The highest BCUT2D eigenvalue weighted by molar-refractivity contribution is 7.17. The number of thiophene rings is 1. The molecule has 128 valence electrons. The summed E-state index contributed by atoms with van der Waals surface area (Å²) in [6, 6.07) is 14.8. The van der Waals surface area contributed by atoms with Crippen LogP contribution < -0.4 is 4.74 Å². The lowest BCUT2D eigenvalue weighted by Gasteiger charge is -2.07. The Labute approximate surface area is 150 Å². The summed E-state index contributed by atoms with van der Waals surface area (Å²) >= 11 is 1.63. The average Bonchev–Trinajstić information content (AvgIpc) is 3.07. The number of benzene rings is 2. The second-order valence-electron chi connectivity index (χ2n) is 5.51. The van der Waals surface area contributed by atoms with Crippen LogP contribution in [0.3, 0.4) is 0 Å². The molecule has 0 amide bonds. The Balaban J connectivity index is 1.50. The van der Waals surface area contributed by atoms with Gasteiger partial charge in [-0.15, -0.1) is 11.3 Å². The van der Waals surface area contributed by atoms with Crippen molar-refractivity contribution in [3.05, 3.63) is 65.0 Å². The summed E-state index contributed by atoms with van der Waals surface area (Å²) in [7, 11) is 0. The van der Waals surface area contributed by atoms with Gasteiger partial charge in [0.1, 0.15) is 12.4 Å². The van der Waals surface area contributed by atoms with E-state index < -0.39 is 5.97 Å². The molecule has 0 aliphatic rings. The van der Waals surface area contributed by atoms with E-state index in [4.69, 9.17) is 9.47 Å². The molecule has 5 heteroatoms. The molecule has 0 aliphatic carbocycles. The lowest BCUT2D eigenvalue weighted by atomic mass is 10.1. The predicted octanol–water partition coefficient (Wildman–Crippen LogP) is 4.62. The van der Waals surface area contributed by atoms with Gasteiger partial charge >= 0.3 is 5.97 Å². The average molecular weight is 354 g/mol. The minimum absolute atomic E-state index is 0.0777. The van der Waals surface area contributed by atoms with E-state index in [1.807, 2.05) is 36.6 Å². The maximum absolute atomic E-state index is 11.9. The van der Waals surface area contributed by atoms with Gasteiger partial charge in [-0.1, -0.05) is 25.1 Å². The third-order valence-corrected chi connectivity index (χ3v) is 4.82. The molecule has 4 nitrogen and oxygen atoms in total. The van der Waals surface area contributed by atoms with Gasteiger partial charge in [0.05, 0.1) is 0 Å². The highest BCUT2D eigenvalue weighted by Gasteiger charge is 2.09. The highest BCUT2D eigenvalue weighted by Crippen LogP contribution is 2.26. The van der Waals surface area contributed by atoms with Crippen LogP contribution in [0.25, 0.3) is 10.1 Å². The summed E-state index contributed by atoms with van der Waals surface area (Å²) in [5.41, 5.74) is 1.64. The van der Waals surface area contributed by atoms with Crippen molar-refractivity contribution >= 4 is 33.2 Å². The van der Waals surface area contributed by atoms with E-state index in [1.54, 1.807) is 35.6 Å². The van der Waals surface area contributed by atoms with Crippen molar-refractivity contribution in [2.75, 3.05) is 6.61 Å². The molecule has 0 spiro atoms. The number of carbonyl (C=O) groups excluding carboxylic acids is 2. The first-order valence-electron chi connectivity index (χ1n) is 8.04. The lowest BCUT2D eigenvalue weighted by Crippen LogP contribution is -2.14. The molecule has 3 rings (SSSR count). The fourth-order valence-corrected chi connectivity index (χ4v) is 3.38. The first kappa shape index (κ1) is 17.2. The first-order valence-corrected chi connectivity index (χ1v) is 8.92. The molecule has 3 aromatic rings. The number of ketones is 1. The molecule has 1 aromatic heterocycles. The molecular formula is C20H18O4S. The van der Waals surface area contributed by atoms with Gasteiger partial charge in [-0.05, 0) is 41.1 Å². The van der Waals surface area contributed by atoms with Gasteiger partial charge in [0.25, 0.3) is 0 Å². The molecular weight excluding hydrogens is 336 g/mol. The highest BCUT2D eigenvalue weighted by atomic mass is 32.1. The molecule has 0 unspecified atom stereocenters. The number of hydrogen-bond donors (Lipinski definition) is 0. The maximum Gasteiger partial charge on any atom is 0.344 e. The number of esters is 1. The normalized spacial score (nSPS) is 10.6. The molecule has 1 heterocycles. The van der Waals surface area contributed by atoms with Crippen LogP contribution in [0, 0.1) is 0 Å². The van der Waals surface area contributed by atoms with Crippen molar-refractivity contribution in [1.82, 2.24) is 0 Å². The number of rotatable bonds is 7. The maximum atomic E-state index is 11.9. The third kappa shape index (κ3) is 4.25. The Morgan fingerprint density at radius 3 is 2.56 bits per heavy atom. The topological polar surface area (TPSA) is 52.6 Å². The number of fused-ring (bicyclic) bond motifs is 1. The largest absolute Gasteiger partial charge is 0.482 e. The second kappa shape index (κ2) is 7.94. The van der Waals surface area contributed by atoms with Crippen molar-refractivity contribution < 1.29 is 19.1 Å². The zero-order chi connectivity index (χ0) is 17.6. The quantitative estimate of drug-likeness (QED) is 0.459. The van der Waals surface area contributed by atoms with Crippen molar-refractivity contribution in [3.63, 3.8) is 0 Å². The summed E-state index contributed by atoms with van der Waals surface area (Å²) in [6.45, 7) is 1.89. The monoisotopic (exact) mass is 354 g/mol. The summed E-state index contributed by atoms with van der Waals surface area (Å²) in [5, 5.41) is 3.11. The third-order valence-electron chi connectivity index (χ3n) is 3.80. The number of ether oxygens (including phenoxy) is 2. The Morgan fingerprint density at radius 1 is 1.04 bits per heavy atom. The minimum atomic E-state index is -0.427. The van der Waals surface area contributed by atoms with E-state index in [9.17, 15) is 9.59 Å². The van der Waals surface area contributed by atoms with Gasteiger partial charge in [-0.2, -0.15) is 0 Å². The number of Topliss-reactive ketones (excluding diaryl/α,β-unsaturated/α-hetero) is 1. The van der Waals surface area contributed by atoms with Gasteiger partial charge in [0.2, 0.25) is 0 Å². The summed E-state index contributed by atoms with van der Waals surface area (Å²) in [5.74, 6) is 0.184. The van der Waals surface area contributed by atoms with Crippen molar-refractivity contribution in [2.45, 2.75) is 20.0 Å². The minimum Gasteiger partial charge on any atom is -0.482 e. The predicted molar refractivity (Wildman–Crippen MR) is 98.2 cm³/mol. The zero-order valence-electron chi connectivity index (χ0n) is 13.9. The molecule has 0 radical (unpaired) electrons. The van der Waals surface area contributed by atoms with Crippen LogP contribution in [0.1, 0.15) is 29.3 Å². The zero-order valence-corrected chi connectivity index (χ0v) is 14.7. The van der Waals surface area contributed by atoms with E-state index >= 15 is 0 Å². The summed E-state index contributed by atoms with van der Waals surface area (Å²) in [6.07, 6.45) is 0.462. The molecule has 0 fully saturated rings. The van der Waals surface area contributed by atoms with E-state index in [0.717, 1.165) is 10.9 Å². The standard InChI is InChI=1S/C20H18O4S/c1-2-18(21)14-7-9-16(10-8-14)23-12-20(22)24-11-15-13-25-19-6-4-3-5-17(15)19/h3-10,13H,2,11-12H2,1H3. The summed E-state index contributed by atoms with van der Waals surface area (Å²) < 4.78 is 11.9. The van der Waals surface area contributed by atoms with E-state index in [-0.39, 0.29) is 19.0 Å². The SMILES string of the molecule is CCC(=O)c1ccc(OCC(=O)OCc2csc3ccccc23)cc1. The van der Waals surface area contributed by atoms with E-state index in [2.05, 4.69) is 0 Å². The molecule has 0 atom stereocenters. The van der Waals surface area contributed by atoms with Crippen LogP contribution in [0.2, 0.25) is 0 Å².